The van der Waals surface area contributed by atoms with E-state index < -0.39 is 4.92 Å². The second-order valence-electron chi connectivity index (χ2n) is 6.69. The average Bonchev–Trinajstić information content (AvgIpc) is 2.61. The van der Waals surface area contributed by atoms with Gasteiger partial charge in [0.2, 0.25) is 5.91 Å². The van der Waals surface area contributed by atoms with Crippen molar-refractivity contribution in [3.8, 4) is 5.75 Å². The van der Waals surface area contributed by atoms with Gasteiger partial charge in [-0.3, -0.25) is 14.9 Å². The van der Waals surface area contributed by atoms with Crippen LogP contribution in [-0.4, -0.2) is 23.7 Å². The van der Waals surface area contributed by atoms with E-state index in [4.69, 9.17) is 9.47 Å². The highest BCUT2D eigenvalue weighted by Gasteiger charge is 2.21. The van der Waals surface area contributed by atoms with Crippen LogP contribution in [-0.2, 0) is 16.1 Å². The van der Waals surface area contributed by atoms with Gasteiger partial charge < -0.3 is 14.8 Å². The highest BCUT2D eigenvalue weighted by Crippen LogP contribution is 2.33. The van der Waals surface area contributed by atoms with Crippen molar-refractivity contribution >= 4 is 17.7 Å². The summed E-state index contributed by atoms with van der Waals surface area (Å²) in [7, 11) is 0. The van der Waals surface area contributed by atoms with Gasteiger partial charge in [0.25, 0.3) is 5.69 Å². The number of hydrogen-bond acceptors (Lipinski definition) is 5. The molecule has 134 valence electrons. The first-order valence-corrected chi connectivity index (χ1v) is 8.53. The number of rotatable bonds is 4. The average molecular weight is 346 g/mol. The summed E-state index contributed by atoms with van der Waals surface area (Å²) in [5.74, 6) is 1.07. The lowest BCUT2D eigenvalue weighted by Crippen LogP contribution is -2.36. The first-order chi connectivity index (χ1) is 12.0. The van der Waals surface area contributed by atoms with Gasteiger partial charge in [-0.15, -0.1) is 0 Å². The zero-order valence-corrected chi connectivity index (χ0v) is 14.2. The van der Waals surface area contributed by atoms with Gasteiger partial charge in [0, 0.05) is 35.4 Å². The largest absolute Gasteiger partial charge is 0.467 e. The molecule has 1 aromatic rings. The van der Waals surface area contributed by atoms with E-state index in [1.54, 1.807) is 6.08 Å². The fourth-order valence-corrected chi connectivity index (χ4v) is 3.28. The van der Waals surface area contributed by atoms with E-state index in [1.165, 1.54) is 18.2 Å². The predicted molar refractivity (Wildman–Crippen MR) is 92.0 cm³/mol. The first-order valence-electron chi connectivity index (χ1n) is 8.53. The molecule has 0 saturated heterocycles. The summed E-state index contributed by atoms with van der Waals surface area (Å²) in [5, 5.41) is 14.1. The summed E-state index contributed by atoms with van der Waals surface area (Å²) in [5.41, 5.74) is 1.08. The number of carbonyl (C=O) groups is 1. The van der Waals surface area contributed by atoms with Gasteiger partial charge in [-0.2, -0.15) is 0 Å². The zero-order valence-electron chi connectivity index (χ0n) is 14.2. The molecule has 7 nitrogen and oxygen atoms in total. The summed E-state index contributed by atoms with van der Waals surface area (Å²) in [6.07, 6.45) is 7.22. The molecule has 0 radical (unpaired) electrons. The van der Waals surface area contributed by atoms with Crippen LogP contribution in [0.15, 0.2) is 18.2 Å². The van der Waals surface area contributed by atoms with Crippen LogP contribution in [0.1, 0.15) is 43.7 Å². The molecule has 0 unspecified atom stereocenters. The van der Waals surface area contributed by atoms with Crippen molar-refractivity contribution in [2.24, 2.45) is 5.92 Å². The molecule has 0 spiro atoms. The van der Waals surface area contributed by atoms with Gasteiger partial charge in [0.15, 0.2) is 6.79 Å². The zero-order chi connectivity index (χ0) is 17.8. The second kappa shape index (κ2) is 7.65. The van der Waals surface area contributed by atoms with Gasteiger partial charge in [0.05, 0.1) is 11.5 Å². The number of nitro benzene ring substituents is 1. The summed E-state index contributed by atoms with van der Waals surface area (Å²) in [6, 6.07) is 3.06. The Kier molecular flexibility index (Phi) is 5.33. The van der Waals surface area contributed by atoms with Crippen molar-refractivity contribution in [1.29, 1.82) is 0 Å². The minimum absolute atomic E-state index is 0.0471. The molecule has 2 aliphatic rings. The third-order valence-corrected chi connectivity index (χ3v) is 4.71. The topological polar surface area (TPSA) is 90.7 Å². The first kappa shape index (κ1) is 17.4. The highest BCUT2D eigenvalue weighted by atomic mass is 16.7. The molecule has 0 aromatic heterocycles. The van der Waals surface area contributed by atoms with Gasteiger partial charge in [0.1, 0.15) is 5.75 Å². The standard InChI is InChI=1S/C18H22N2O5/c1-12-2-5-15(6-3-12)19-17(21)7-4-13-8-16(20(22)23)9-14-10-24-11-25-18(13)14/h4,7-9,12,15H,2-3,5-6,10-11H2,1H3,(H,19,21)/b7-4+. The summed E-state index contributed by atoms with van der Waals surface area (Å²) < 4.78 is 10.6. The smallest absolute Gasteiger partial charge is 0.270 e. The van der Waals surface area contributed by atoms with Crippen molar-refractivity contribution in [3.63, 3.8) is 0 Å². The van der Waals surface area contributed by atoms with E-state index in [9.17, 15) is 14.9 Å². The number of ether oxygens (including phenoxy) is 2. The molecule has 0 bridgehead atoms. The molecule has 1 heterocycles. The van der Waals surface area contributed by atoms with Crippen LogP contribution < -0.4 is 10.1 Å². The molecule has 1 aromatic carbocycles. The Morgan fingerprint density at radius 3 is 2.80 bits per heavy atom. The highest BCUT2D eigenvalue weighted by molar-refractivity contribution is 5.92. The van der Waals surface area contributed by atoms with Crippen LogP contribution >= 0.6 is 0 Å². The number of hydrogen-bond donors (Lipinski definition) is 1. The molecule has 1 aliphatic heterocycles. The molecular weight excluding hydrogens is 324 g/mol. The SMILES string of the molecule is CC1CCC(NC(=O)/C=C/c2cc([N+](=O)[O-])cc3c2OCOC3)CC1. The quantitative estimate of drug-likeness (QED) is 0.514. The molecule has 1 aliphatic carbocycles. The Morgan fingerprint density at radius 1 is 1.32 bits per heavy atom. The van der Waals surface area contributed by atoms with Crippen molar-refractivity contribution < 1.29 is 19.2 Å². The number of benzene rings is 1. The maximum absolute atomic E-state index is 12.2. The van der Waals surface area contributed by atoms with E-state index in [2.05, 4.69) is 12.2 Å². The fraction of sp³-hybridized carbons (Fsp3) is 0.500. The van der Waals surface area contributed by atoms with Gasteiger partial charge in [-0.1, -0.05) is 6.92 Å². The lowest BCUT2D eigenvalue weighted by Gasteiger charge is -2.26. The lowest BCUT2D eigenvalue weighted by molar-refractivity contribution is -0.385. The molecule has 3 rings (SSSR count). The summed E-state index contributed by atoms with van der Waals surface area (Å²) in [6.45, 7) is 2.58. The van der Waals surface area contributed by atoms with Crippen LogP contribution in [0.2, 0.25) is 0 Å². The second-order valence-corrected chi connectivity index (χ2v) is 6.69. The van der Waals surface area contributed by atoms with Crippen molar-refractivity contribution in [2.45, 2.75) is 45.3 Å². The minimum Gasteiger partial charge on any atom is -0.467 e. The van der Waals surface area contributed by atoms with Crippen LogP contribution in [0.3, 0.4) is 0 Å². The normalized spacial score (nSPS) is 22.9. The maximum atomic E-state index is 12.2. The Morgan fingerprint density at radius 2 is 2.08 bits per heavy atom. The molecule has 7 heteroatoms. The third-order valence-electron chi connectivity index (χ3n) is 4.71. The summed E-state index contributed by atoms with van der Waals surface area (Å²) >= 11 is 0. The van der Waals surface area contributed by atoms with E-state index >= 15 is 0 Å². The van der Waals surface area contributed by atoms with Crippen molar-refractivity contribution in [3.05, 3.63) is 39.4 Å². The molecule has 1 saturated carbocycles. The van der Waals surface area contributed by atoms with Crippen molar-refractivity contribution in [2.75, 3.05) is 6.79 Å². The van der Waals surface area contributed by atoms with Gasteiger partial charge in [-0.05, 0) is 37.7 Å². The van der Waals surface area contributed by atoms with E-state index in [0.717, 1.165) is 31.6 Å². The molecule has 25 heavy (non-hydrogen) atoms. The Bertz CT molecular complexity index is 693. The Balaban J connectivity index is 1.72. The summed E-state index contributed by atoms with van der Waals surface area (Å²) in [4.78, 5) is 22.8. The molecule has 1 N–H and O–H groups in total. The van der Waals surface area contributed by atoms with Crippen LogP contribution in [0.25, 0.3) is 6.08 Å². The number of nitro groups is 1. The van der Waals surface area contributed by atoms with Crippen LogP contribution in [0.5, 0.6) is 5.75 Å². The number of amides is 1. The Labute approximate surface area is 146 Å². The molecule has 1 amide bonds. The minimum atomic E-state index is -0.463. The van der Waals surface area contributed by atoms with Crippen LogP contribution in [0, 0.1) is 16.0 Å². The number of nitrogens with zero attached hydrogens (tertiary/aromatic N) is 1. The molecular formula is C18H22N2O5. The van der Waals surface area contributed by atoms with Gasteiger partial charge >= 0.3 is 0 Å². The fourth-order valence-electron chi connectivity index (χ4n) is 3.28. The van der Waals surface area contributed by atoms with E-state index in [-0.39, 0.29) is 31.0 Å². The number of non-ortho nitro benzene ring substituents is 1. The Hall–Kier alpha value is -2.41. The molecule has 1 fully saturated rings. The number of carbonyl (C=O) groups excluding carboxylic acids is 1. The third kappa shape index (κ3) is 4.36. The van der Waals surface area contributed by atoms with E-state index in [1.807, 2.05) is 0 Å². The van der Waals surface area contributed by atoms with E-state index in [0.29, 0.717) is 16.9 Å². The number of fused-ring (bicyclic) bond motifs is 1. The number of nitrogens with one attached hydrogen (secondary N) is 1. The van der Waals surface area contributed by atoms with Crippen molar-refractivity contribution in [1.82, 2.24) is 5.32 Å². The monoisotopic (exact) mass is 346 g/mol. The molecule has 0 atom stereocenters. The van der Waals surface area contributed by atoms with Crippen LogP contribution in [0.4, 0.5) is 5.69 Å². The maximum Gasteiger partial charge on any atom is 0.270 e. The van der Waals surface area contributed by atoms with Gasteiger partial charge in [-0.25, -0.2) is 0 Å². The predicted octanol–water partition coefficient (Wildman–Crippen LogP) is 3.17. The lowest BCUT2D eigenvalue weighted by atomic mass is 9.87.